The number of rotatable bonds is 5. The van der Waals surface area contributed by atoms with Gasteiger partial charge in [0, 0.05) is 13.1 Å². The molecule has 1 unspecified atom stereocenters. The van der Waals surface area contributed by atoms with Gasteiger partial charge in [0.2, 0.25) is 0 Å². The van der Waals surface area contributed by atoms with Crippen molar-refractivity contribution in [2.24, 2.45) is 0 Å². The fraction of sp³-hybridized carbons (Fsp3) is 0.462. The third-order valence-electron chi connectivity index (χ3n) is 2.39. The van der Waals surface area contributed by atoms with Crippen LogP contribution in [0, 0.1) is 13.8 Å². The van der Waals surface area contributed by atoms with Crippen LogP contribution in [0.3, 0.4) is 0 Å². The number of methoxy groups -OCH3 is 1. The Morgan fingerprint density at radius 3 is 2.47 bits per heavy atom. The monoisotopic (exact) mass is 299 g/mol. The zero-order valence-corrected chi connectivity index (χ0v) is 12.0. The molecule has 17 heavy (non-hydrogen) atoms. The van der Waals surface area contributed by atoms with Gasteiger partial charge in [-0.2, -0.15) is 0 Å². The van der Waals surface area contributed by atoms with Crippen molar-refractivity contribution in [2.45, 2.75) is 25.2 Å². The lowest BCUT2D eigenvalue weighted by molar-refractivity contribution is -0.139. The van der Waals surface area contributed by atoms with Crippen molar-refractivity contribution in [1.29, 1.82) is 0 Å². The molecule has 0 bridgehead atoms. The Kier molecular flexibility index (Phi) is 5.65. The summed E-state index contributed by atoms with van der Waals surface area (Å²) in [7, 11) is 1.39. The highest BCUT2D eigenvalue weighted by atomic mass is 79.9. The minimum absolute atomic E-state index is 0.252. The Morgan fingerprint density at radius 2 is 1.94 bits per heavy atom. The molecule has 4 heteroatoms. The van der Waals surface area contributed by atoms with E-state index in [1.807, 2.05) is 0 Å². The Balaban J connectivity index is 2.43. The summed E-state index contributed by atoms with van der Waals surface area (Å²) in [5, 5.41) is 3.22. The van der Waals surface area contributed by atoms with E-state index in [0.29, 0.717) is 6.54 Å². The lowest BCUT2D eigenvalue weighted by Gasteiger charge is -2.10. The Hall–Kier alpha value is -0.870. The van der Waals surface area contributed by atoms with Gasteiger partial charge < -0.3 is 10.1 Å². The third-order valence-corrected chi connectivity index (χ3v) is 3.09. The quantitative estimate of drug-likeness (QED) is 0.670. The predicted molar refractivity (Wildman–Crippen MR) is 72.4 cm³/mol. The molecule has 0 heterocycles. The van der Waals surface area contributed by atoms with Crippen LogP contribution in [-0.2, 0) is 16.1 Å². The summed E-state index contributed by atoms with van der Waals surface area (Å²) in [6.45, 7) is 5.47. The molecule has 1 aromatic rings. The summed E-state index contributed by atoms with van der Waals surface area (Å²) in [6.07, 6.45) is 0. The molecule has 94 valence electrons. The lowest BCUT2D eigenvalue weighted by Crippen LogP contribution is -2.29. The maximum Gasteiger partial charge on any atom is 0.320 e. The number of carbonyl (C=O) groups excluding carboxylic acids is 1. The molecule has 0 radical (unpaired) electrons. The van der Waals surface area contributed by atoms with Crippen LogP contribution in [0.15, 0.2) is 18.2 Å². The number of esters is 1. The van der Waals surface area contributed by atoms with Crippen LogP contribution in [0.25, 0.3) is 0 Å². The molecule has 0 saturated carbocycles. The highest BCUT2D eigenvalue weighted by Gasteiger charge is 2.13. The van der Waals surface area contributed by atoms with E-state index in [9.17, 15) is 4.79 Å². The van der Waals surface area contributed by atoms with Crippen LogP contribution in [0.5, 0.6) is 0 Å². The molecule has 0 aliphatic carbocycles. The zero-order chi connectivity index (χ0) is 12.8. The predicted octanol–water partition coefficient (Wildman–Crippen LogP) is 2.33. The molecule has 0 fully saturated rings. The van der Waals surface area contributed by atoms with Gasteiger partial charge in [-0.15, -0.1) is 0 Å². The van der Waals surface area contributed by atoms with E-state index in [4.69, 9.17) is 0 Å². The molecule has 1 aromatic carbocycles. The third kappa shape index (κ3) is 4.88. The first-order valence-corrected chi connectivity index (χ1v) is 6.44. The maximum absolute atomic E-state index is 11.2. The van der Waals surface area contributed by atoms with Crippen LogP contribution in [0.1, 0.15) is 16.7 Å². The van der Waals surface area contributed by atoms with E-state index in [2.05, 4.69) is 58.0 Å². The van der Waals surface area contributed by atoms with Crippen molar-refractivity contribution in [3.05, 3.63) is 34.9 Å². The van der Waals surface area contributed by atoms with Gasteiger partial charge in [-0.25, -0.2) is 0 Å². The van der Waals surface area contributed by atoms with E-state index in [0.717, 1.165) is 6.54 Å². The molecule has 0 aliphatic rings. The summed E-state index contributed by atoms with van der Waals surface area (Å²) in [6, 6.07) is 6.42. The molecular weight excluding hydrogens is 282 g/mol. The number of ether oxygens (including phenoxy) is 1. The van der Waals surface area contributed by atoms with Gasteiger partial charge >= 0.3 is 5.97 Å². The first-order valence-electron chi connectivity index (χ1n) is 5.52. The molecule has 0 aromatic heterocycles. The van der Waals surface area contributed by atoms with Crippen molar-refractivity contribution in [3.8, 4) is 0 Å². The molecule has 0 aliphatic heterocycles. The number of hydrogen-bond acceptors (Lipinski definition) is 3. The van der Waals surface area contributed by atoms with Crippen molar-refractivity contribution >= 4 is 21.9 Å². The summed E-state index contributed by atoms with van der Waals surface area (Å²) in [4.78, 5) is 10.9. The molecule has 3 nitrogen and oxygen atoms in total. The number of nitrogens with one attached hydrogen (secondary N) is 1. The molecule has 0 saturated heterocycles. The minimum Gasteiger partial charge on any atom is -0.468 e. The van der Waals surface area contributed by atoms with E-state index in [1.165, 1.54) is 23.8 Å². The SMILES string of the molecule is COC(=O)C(Br)CNCc1cc(C)cc(C)c1. The van der Waals surface area contributed by atoms with Crippen molar-refractivity contribution in [3.63, 3.8) is 0 Å². The van der Waals surface area contributed by atoms with Gasteiger partial charge in [0.25, 0.3) is 0 Å². The molecule has 0 amide bonds. The molecular formula is C13H18BrNO2. The summed E-state index contributed by atoms with van der Waals surface area (Å²) < 4.78 is 4.63. The van der Waals surface area contributed by atoms with Crippen LogP contribution in [-0.4, -0.2) is 24.5 Å². The van der Waals surface area contributed by atoms with Gasteiger partial charge in [-0.1, -0.05) is 45.3 Å². The number of aryl methyl sites for hydroxylation is 2. The standard InChI is InChI=1S/C13H18BrNO2/c1-9-4-10(2)6-11(5-9)7-15-8-12(14)13(16)17-3/h4-6,12,15H,7-8H2,1-3H3. The van der Waals surface area contributed by atoms with E-state index in [1.54, 1.807) is 0 Å². The number of halogens is 1. The van der Waals surface area contributed by atoms with Crippen LogP contribution in [0.4, 0.5) is 0 Å². The molecule has 0 spiro atoms. The summed E-state index contributed by atoms with van der Waals surface area (Å²) >= 11 is 3.27. The Labute approximate surface area is 111 Å². The lowest BCUT2D eigenvalue weighted by atomic mass is 10.1. The summed E-state index contributed by atoms with van der Waals surface area (Å²) in [5.41, 5.74) is 3.74. The fourth-order valence-corrected chi connectivity index (χ4v) is 2.14. The molecule has 1 atom stereocenters. The van der Waals surface area contributed by atoms with Crippen LogP contribution >= 0.6 is 15.9 Å². The van der Waals surface area contributed by atoms with E-state index < -0.39 is 0 Å². The number of benzene rings is 1. The molecule has 1 N–H and O–H groups in total. The first-order chi connectivity index (χ1) is 8.02. The smallest absolute Gasteiger partial charge is 0.320 e. The van der Waals surface area contributed by atoms with E-state index >= 15 is 0 Å². The molecule has 1 rings (SSSR count). The second-order valence-electron chi connectivity index (χ2n) is 4.12. The average Bonchev–Trinajstić information content (AvgIpc) is 2.26. The second kappa shape index (κ2) is 6.77. The van der Waals surface area contributed by atoms with Crippen molar-refractivity contribution in [2.75, 3.05) is 13.7 Å². The highest BCUT2D eigenvalue weighted by Crippen LogP contribution is 2.09. The van der Waals surface area contributed by atoms with Gasteiger partial charge in [-0.3, -0.25) is 4.79 Å². The van der Waals surface area contributed by atoms with Gasteiger partial charge in [-0.05, 0) is 19.4 Å². The van der Waals surface area contributed by atoms with Gasteiger partial charge in [0.1, 0.15) is 4.83 Å². The largest absolute Gasteiger partial charge is 0.468 e. The van der Waals surface area contributed by atoms with Crippen LogP contribution < -0.4 is 5.32 Å². The van der Waals surface area contributed by atoms with Crippen molar-refractivity contribution < 1.29 is 9.53 Å². The van der Waals surface area contributed by atoms with Crippen LogP contribution in [0.2, 0.25) is 0 Å². The Bertz CT molecular complexity index is 373. The highest BCUT2D eigenvalue weighted by molar-refractivity contribution is 9.10. The minimum atomic E-state index is -0.293. The summed E-state index contributed by atoms with van der Waals surface area (Å²) in [5.74, 6) is -0.252. The normalized spacial score (nSPS) is 12.2. The van der Waals surface area contributed by atoms with Crippen molar-refractivity contribution in [1.82, 2.24) is 5.32 Å². The first kappa shape index (κ1) is 14.2. The topological polar surface area (TPSA) is 38.3 Å². The number of carbonyl (C=O) groups is 1. The van der Waals surface area contributed by atoms with Gasteiger partial charge in [0.05, 0.1) is 7.11 Å². The average molecular weight is 300 g/mol. The second-order valence-corrected chi connectivity index (χ2v) is 5.22. The fourth-order valence-electron chi connectivity index (χ4n) is 1.73. The van der Waals surface area contributed by atoms with E-state index in [-0.39, 0.29) is 10.8 Å². The zero-order valence-electron chi connectivity index (χ0n) is 10.4. The maximum atomic E-state index is 11.2. The number of alkyl halides is 1. The Morgan fingerprint density at radius 1 is 1.35 bits per heavy atom. The van der Waals surface area contributed by atoms with Gasteiger partial charge in [0.15, 0.2) is 0 Å². The number of hydrogen-bond donors (Lipinski definition) is 1.